The van der Waals surface area contributed by atoms with Crippen molar-refractivity contribution in [2.24, 2.45) is 59.6 Å². The molecule has 2 nitrogen and oxygen atoms in total. The molecule has 0 radical (unpaired) electrons. The lowest BCUT2D eigenvalue weighted by Gasteiger charge is -2.84. The minimum Gasteiger partial charge on any atom is -0.232 e. The molecule has 0 aromatic heterocycles. The van der Waals surface area contributed by atoms with Crippen molar-refractivity contribution in [3.8, 4) is 0 Å². The second-order valence-corrected chi connectivity index (χ2v) is 21.4. The van der Waals surface area contributed by atoms with E-state index < -0.39 is 0 Å². The predicted molar refractivity (Wildman–Crippen MR) is 142 cm³/mol. The maximum atomic E-state index is 6.62. The molecule has 202 valence electrons. The summed E-state index contributed by atoms with van der Waals surface area (Å²) in [5.74, 6) is 0. The normalized spacial score (nSPS) is 52.9. The third-order valence-corrected chi connectivity index (χ3v) is 16.1. The monoisotopic (exact) mass is 502 g/mol. The van der Waals surface area contributed by atoms with E-state index in [4.69, 9.17) is 9.78 Å². The molecule has 2 atom stereocenters. The van der Waals surface area contributed by atoms with Crippen molar-refractivity contribution in [3.05, 3.63) is 0 Å². The molecule has 0 N–H and O–H groups in total. The molecule has 12 fully saturated rings. The second-order valence-electron chi connectivity index (χ2n) is 21.4. The molecule has 10 saturated carbocycles. The smallest absolute Gasteiger partial charge is 0.104 e. The fourth-order valence-corrected chi connectivity index (χ4v) is 18.6. The fourth-order valence-electron chi connectivity index (χ4n) is 18.6. The topological polar surface area (TPSA) is 18.5 Å². The highest BCUT2D eigenvalue weighted by Crippen LogP contribution is 2.92. The van der Waals surface area contributed by atoms with Crippen LogP contribution in [0.15, 0.2) is 0 Å². The van der Waals surface area contributed by atoms with Gasteiger partial charge in [0.1, 0.15) is 12.2 Å². The quantitative estimate of drug-likeness (QED) is 0.308. The third kappa shape index (κ3) is 2.20. The number of rotatable bonds is 0. The van der Waals surface area contributed by atoms with Gasteiger partial charge in [-0.3, -0.25) is 0 Å². The minimum absolute atomic E-state index is 0.451. The van der Waals surface area contributed by atoms with Gasteiger partial charge < -0.3 is 0 Å². The largest absolute Gasteiger partial charge is 0.232 e. The Hall–Kier alpha value is -0.0800. The molecule has 2 bridgehead atoms. The first kappa shape index (κ1) is 21.6. The summed E-state index contributed by atoms with van der Waals surface area (Å²) in [4.78, 5) is 13.2. The van der Waals surface area contributed by atoms with Gasteiger partial charge >= 0.3 is 0 Å². The van der Waals surface area contributed by atoms with Crippen LogP contribution in [0.2, 0.25) is 0 Å². The van der Waals surface area contributed by atoms with E-state index in [9.17, 15) is 0 Å². The van der Waals surface area contributed by atoms with Crippen LogP contribution in [-0.2, 0) is 9.78 Å². The number of hydrogen-bond donors (Lipinski definition) is 0. The summed E-state index contributed by atoms with van der Waals surface area (Å²) in [6.45, 7) is 9.94. The Labute approximate surface area is 224 Å². The van der Waals surface area contributed by atoms with E-state index in [0.29, 0.717) is 50.1 Å². The van der Waals surface area contributed by atoms with Gasteiger partial charge in [0.2, 0.25) is 0 Å². The van der Waals surface area contributed by atoms with Crippen LogP contribution in [0.3, 0.4) is 0 Å². The van der Waals surface area contributed by atoms with Crippen LogP contribution in [0.1, 0.15) is 143 Å². The van der Waals surface area contributed by atoms with E-state index in [0.717, 1.165) is 21.7 Å². The molecule has 0 aromatic carbocycles. The molecule has 0 amide bonds. The van der Waals surface area contributed by atoms with Crippen LogP contribution in [0.4, 0.5) is 0 Å². The van der Waals surface area contributed by atoms with Crippen LogP contribution >= 0.6 is 0 Å². The van der Waals surface area contributed by atoms with Gasteiger partial charge in [-0.1, -0.05) is 27.7 Å². The molecule has 2 unspecified atom stereocenters. The predicted octanol–water partition coefficient (Wildman–Crippen LogP) is 8.77. The summed E-state index contributed by atoms with van der Waals surface area (Å²) < 4.78 is 0. The zero-order valence-electron chi connectivity index (χ0n) is 24.2. The van der Waals surface area contributed by atoms with Crippen molar-refractivity contribution in [1.29, 1.82) is 0 Å². The standard InChI is InChI=1S/C35H50O2/c1-25(2)5-27(6-25)9-29(10-27)13-31(14-29)17-33(18-31)20-35-21-34(22-35)19-32(23(34)36-37-24(33)35)15-30(16-32)11-28(12-30)7-26(3,4)8-28/h23-24H,5-22H2,1-4H3. The Morgan fingerprint density at radius 2 is 0.568 bits per heavy atom. The maximum Gasteiger partial charge on any atom is 0.104 e. The Bertz CT molecular complexity index is 1120. The van der Waals surface area contributed by atoms with Gasteiger partial charge in [0.25, 0.3) is 0 Å². The van der Waals surface area contributed by atoms with Crippen molar-refractivity contribution in [2.75, 3.05) is 0 Å². The lowest BCUT2D eigenvalue weighted by molar-refractivity contribution is -0.446. The number of fused-ring (bicyclic) bond motifs is 1. The van der Waals surface area contributed by atoms with Gasteiger partial charge in [-0.05, 0) is 153 Å². The van der Waals surface area contributed by atoms with Crippen molar-refractivity contribution in [1.82, 2.24) is 0 Å². The third-order valence-electron chi connectivity index (χ3n) is 16.1. The first-order chi connectivity index (χ1) is 17.2. The van der Waals surface area contributed by atoms with Crippen LogP contribution in [0.5, 0.6) is 0 Å². The van der Waals surface area contributed by atoms with E-state index in [2.05, 4.69) is 27.7 Å². The van der Waals surface area contributed by atoms with Crippen molar-refractivity contribution >= 4 is 0 Å². The Balaban J connectivity index is 0.737. The van der Waals surface area contributed by atoms with E-state index >= 15 is 0 Å². The highest BCUT2D eigenvalue weighted by molar-refractivity contribution is 5.35. The molecule has 9 spiro atoms. The minimum atomic E-state index is 0.451. The Kier molecular flexibility index (Phi) is 3.03. The summed E-state index contributed by atoms with van der Waals surface area (Å²) in [6.07, 6.45) is 28.1. The molecular formula is C35H50O2. The molecule has 10 aliphatic carbocycles. The molecule has 2 heterocycles. The van der Waals surface area contributed by atoms with Gasteiger partial charge in [0, 0.05) is 21.7 Å². The average Bonchev–Trinajstić information content (AvgIpc) is 2.70. The van der Waals surface area contributed by atoms with Gasteiger partial charge in [-0.25, -0.2) is 9.78 Å². The van der Waals surface area contributed by atoms with Gasteiger partial charge in [-0.2, -0.15) is 0 Å². The summed E-state index contributed by atoms with van der Waals surface area (Å²) >= 11 is 0. The molecule has 2 saturated heterocycles. The first-order valence-corrected chi connectivity index (χ1v) is 16.5. The summed E-state index contributed by atoms with van der Waals surface area (Å²) in [6, 6.07) is 0. The highest BCUT2D eigenvalue weighted by atomic mass is 17.2. The maximum absolute atomic E-state index is 6.62. The van der Waals surface area contributed by atoms with Crippen LogP contribution in [-0.4, -0.2) is 12.2 Å². The van der Waals surface area contributed by atoms with E-state index in [1.807, 2.05) is 0 Å². The van der Waals surface area contributed by atoms with E-state index in [1.54, 1.807) is 38.5 Å². The second kappa shape index (κ2) is 5.18. The molecular weight excluding hydrogens is 452 g/mol. The molecule has 37 heavy (non-hydrogen) atoms. The van der Waals surface area contributed by atoms with Crippen molar-refractivity contribution in [2.45, 2.75) is 155 Å². The van der Waals surface area contributed by atoms with Crippen molar-refractivity contribution < 1.29 is 9.78 Å². The van der Waals surface area contributed by atoms with Gasteiger partial charge in [0.05, 0.1) is 0 Å². The highest BCUT2D eigenvalue weighted by Gasteiger charge is 2.87. The van der Waals surface area contributed by atoms with E-state index in [1.165, 1.54) is 77.0 Å². The number of hydrogen-bond acceptors (Lipinski definition) is 2. The molecule has 2 heteroatoms. The zero-order chi connectivity index (χ0) is 24.8. The Morgan fingerprint density at radius 1 is 0.324 bits per heavy atom. The fraction of sp³-hybridized carbons (Fsp3) is 1.00. The lowest BCUT2D eigenvalue weighted by Crippen LogP contribution is -2.80. The van der Waals surface area contributed by atoms with Crippen LogP contribution in [0.25, 0.3) is 0 Å². The van der Waals surface area contributed by atoms with Crippen molar-refractivity contribution in [3.63, 3.8) is 0 Å². The van der Waals surface area contributed by atoms with E-state index in [-0.39, 0.29) is 0 Å². The molecule has 12 aliphatic rings. The zero-order valence-corrected chi connectivity index (χ0v) is 24.2. The summed E-state index contributed by atoms with van der Waals surface area (Å²) in [7, 11) is 0. The average molecular weight is 503 g/mol. The SMILES string of the molecule is CC1(C)CC2(C1)CC1(C2)CC2(C1)CC1(C2)CC23CC4(CC5(CC6(CC7(CC(C)(C)C7)C6)C5)C4OOC12)C3. The summed E-state index contributed by atoms with van der Waals surface area (Å²) in [5.41, 5.74) is 7.11. The van der Waals surface area contributed by atoms with Crippen LogP contribution < -0.4 is 0 Å². The Morgan fingerprint density at radius 3 is 0.865 bits per heavy atom. The van der Waals surface area contributed by atoms with Gasteiger partial charge in [0.15, 0.2) is 0 Å². The van der Waals surface area contributed by atoms with Gasteiger partial charge in [-0.15, -0.1) is 0 Å². The van der Waals surface area contributed by atoms with Crippen LogP contribution in [0, 0.1) is 59.6 Å². The summed E-state index contributed by atoms with van der Waals surface area (Å²) in [5, 5.41) is 0. The molecule has 2 aliphatic heterocycles. The molecule has 0 aromatic rings. The lowest BCUT2D eigenvalue weighted by atomic mass is 9.20. The first-order valence-electron chi connectivity index (χ1n) is 16.5. The molecule has 12 rings (SSSR count).